The molecule has 0 spiro atoms. The van der Waals surface area contributed by atoms with E-state index in [-0.39, 0.29) is 18.3 Å². The van der Waals surface area contributed by atoms with Crippen LogP contribution >= 0.6 is 0 Å². The Kier molecular flexibility index (Phi) is 8.24. The van der Waals surface area contributed by atoms with Gasteiger partial charge in [-0.3, -0.25) is 0 Å². The standard InChI is InChI=1S/C12H28O4Si/c1-7-10(4)14-17(13,15-11(5)8-2)16-12(6)9-3/h10-13H,7-9H2,1-6H3. The highest BCUT2D eigenvalue weighted by atomic mass is 28.4. The van der Waals surface area contributed by atoms with Crippen molar-refractivity contribution in [2.45, 2.75) is 79.1 Å². The minimum absolute atomic E-state index is 0.0558. The van der Waals surface area contributed by atoms with Crippen LogP contribution in [0, 0.1) is 0 Å². The first-order chi connectivity index (χ1) is 7.86. The van der Waals surface area contributed by atoms with Crippen LogP contribution in [0.1, 0.15) is 60.8 Å². The summed E-state index contributed by atoms with van der Waals surface area (Å²) in [4.78, 5) is 10.4. The van der Waals surface area contributed by atoms with Crippen molar-refractivity contribution in [1.29, 1.82) is 0 Å². The fraction of sp³-hybridized carbons (Fsp3) is 1.00. The molecule has 4 nitrogen and oxygen atoms in total. The van der Waals surface area contributed by atoms with Crippen LogP contribution in [-0.2, 0) is 13.3 Å². The Labute approximate surface area is 107 Å². The van der Waals surface area contributed by atoms with Crippen molar-refractivity contribution >= 4 is 9.05 Å². The Bertz CT molecular complexity index is 170. The average Bonchev–Trinajstić information content (AvgIpc) is 2.27. The van der Waals surface area contributed by atoms with Gasteiger partial charge in [-0.1, -0.05) is 20.8 Å². The molecular weight excluding hydrogens is 236 g/mol. The van der Waals surface area contributed by atoms with E-state index in [1.165, 1.54) is 0 Å². The zero-order valence-corrected chi connectivity index (χ0v) is 13.0. The Morgan fingerprint density at radius 2 is 1.00 bits per heavy atom. The third-order valence-corrected chi connectivity index (χ3v) is 4.88. The molecule has 0 saturated heterocycles. The van der Waals surface area contributed by atoms with E-state index in [1.54, 1.807) is 0 Å². The maximum absolute atomic E-state index is 10.4. The molecule has 0 fully saturated rings. The van der Waals surface area contributed by atoms with E-state index in [0.717, 1.165) is 19.3 Å². The molecule has 17 heavy (non-hydrogen) atoms. The van der Waals surface area contributed by atoms with E-state index < -0.39 is 9.05 Å². The predicted molar refractivity (Wildman–Crippen MR) is 70.5 cm³/mol. The maximum Gasteiger partial charge on any atom is 0.677 e. The van der Waals surface area contributed by atoms with Gasteiger partial charge in [0.2, 0.25) is 0 Å². The van der Waals surface area contributed by atoms with Crippen LogP contribution in [0.2, 0.25) is 0 Å². The van der Waals surface area contributed by atoms with Crippen molar-refractivity contribution in [3.05, 3.63) is 0 Å². The molecule has 0 aliphatic carbocycles. The van der Waals surface area contributed by atoms with E-state index >= 15 is 0 Å². The third-order valence-electron chi connectivity index (χ3n) is 2.78. The summed E-state index contributed by atoms with van der Waals surface area (Å²) in [6.45, 7) is 11.8. The van der Waals surface area contributed by atoms with Crippen molar-refractivity contribution in [2.75, 3.05) is 0 Å². The third kappa shape index (κ3) is 7.16. The highest BCUT2D eigenvalue weighted by molar-refractivity contribution is 6.52. The van der Waals surface area contributed by atoms with E-state index in [0.29, 0.717) is 0 Å². The molecule has 3 unspecified atom stereocenters. The fourth-order valence-corrected chi connectivity index (χ4v) is 3.29. The van der Waals surface area contributed by atoms with Gasteiger partial charge in [-0.2, -0.15) is 0 Å². The van der Waals surface area contributed by atoms with Gasteiger partial charge in [0.05, 0.1) is 0 Å². The summed E-state index contributed by atoms with van der Waals surface area (Å²) >= 11 is 0. The molecule has 104 valence electrons. The zero-order valence-electron chi connectivity index (χ0n) is 12.0. The van der Waals surface area contributed by atoms with Crippen molar-refractivity contribution in [2.24, 2.45) is 0 Å². The first-order valence-electron chi connectivity index (χ1n) is 6.62. The Hall–Kier alpha value is 0.0569. The van der Waals surface area contributed by atoms with E-state index in [9.17, 15) is 4.80 Å². The molecule has 0 aliphatic rings. The van der Waals surface area contributed by atoms with Gasteiger partial charge in [0.15, 0.2) is 0 Å². The summed E-state index contributed by atoms with van der Waals surface area (Å²) in [7, 11) is -3.50. The second-order valence-electron chi connectivity index (χ2n) is 4.53. The molecule has 3 atom stereocenters. The van der Waals surface area contributed by atoms with Crippen molar-refractivity contribution in [3.63, 3.8) is 0 Å². The molecule has 0 radical (unpaired) electrons. The van der Waals surface area contributed by atoms with E-state index in [2.05, 4.69) is 0 Å². The number of rotatable bonds is 9. The molecule has 5 heteroatoms. The van der Waals surface area contributed by atoms with Crippen LogP contribution in [-0.4, -0.2) is 32.2 Å². The van der Waals surface area contributed by atoms with Gasteiger partial charge in [0.1, 0.15) is 0 Å². The second-order valence-corrected chi connectivity index (χ2v) is 6.29. The first-order valence-corrected chi connectivity index (χ1v) is 8.29. The second kappa shape index (κ2) is 8.21. The van der Waals surface area contributed by atoms with Crippen molar-refractivity contribution in [1.82, 2.24) is 0 Å². The number of hydrogen-bond donors (Lipinski definition) is 1. The minimum Gasteiger partial charge on any atom is -0.367 e. The molecule has 0 rings (SSSR count). The van der Waals surface area contributed by atoms with Gasteiger partial charge in [-0.05, 0) is 40.0 Å². The normalized spacial score (nSPS) is 20.6. The predicted octanol–water partition coefficient (Wildman–Crippen LogP) is 2.86. The van der Waals surface area contributed by atoms with Crippen molar-refractivity contribution in [3.8, 4) is 0 Å². The van der Waals surface area contributed by atoms with E-state index in [4.69, 9.17) is 13.3 Å². The average molecular weight is 264 g/mol. The Morgan fingerprint density at radius 1 is 0.765 bits per heavy atom. The molecule has 0 aliphatic heterocycles. The summed E-state index contributed by atoms with van der Waals surface area (Å²) in [6, 6.07) is 0. The molecule has 0 heterocycles. The molecule has 0 amide bonds. The van der Waals surface area contributed by atoms with Crippen LogP contribution in [0.5, 0.6) is 0 Å². The largest absolute Gasteiger partial charge is 0.677 e. The van der Waals surface area contributed by atoms with Gasteiger partial charge in [-0.25, -0.2) is 0 Å². The van der Waals surface area contributed by atoms with Crippen molar-refractivity contribution < 1.29 is 18.1 Å². The van der Waals surface area contributed by atoms with Gasteiger partial charge in [0.25, 0.3) is 0 Å². The topological polar surface area (TPSA) is 47.9 Å². The lowest BCUT2D eigenvalue weighted by atomic mass is 10.3. The molecule has 0 aromatic heterocycles. The van der Waals surface area contributed by atoms with Crippen LogP contribution in [0.15, 0.2) is 0 Å². The Balaban J connectivity index is 4.55. The maximum atomic E-state index is 10.4. The van der Waals surface area contributed by atoms with Crippen LogP contribution < -0.4 is 0 Å². The highest BCUT2D eigenvalue weighted by Crippen LogP contribution is 2.17. The monoisotopic (exact) mass is 264 g/mol. The van der Waals surface area contributed by atoms with Crippen LogP contribution in [0.3, 0.4) is 0 Å². The summed E-state index contributed by atoms with van der Waals surface area (Å²) in [6.07, 6.45) is 2.30. The fourth-order valence-electron chi connectivity index (χ4n) is 1.10. The molecule has 0 aromatic rings. The summed E-state index contributed by atoms with van der Waals surface area (Å²) in [5.74, 6) is 0. The summed E-state index contributed by atoms with van der Waals surface area (Å²) in [5.41, 5.74) is 0. The summed E-state index contributed by atoms with van der Waals surface area (Å²) < 4.78 is 16.7. The molecule has 0 saturated carbocycles. The lowest BCUT2D eigenvalue weighted by molar-refractivity contribution is -0.0644. The minimum atomic E-state index is -3.50. The molecule has 0 aromatic carbocycles. The first kappa shape index (κ1) is 17.1. The molecular formula is C12H28O4Si. The smallest absolute Gasteiger partial charge is 0.367 e. The van der Waals surface area contributed by atoms with Gasteiger partial charge in [0, 0.05) is 18.3 Å². The number of hydrogen-bond acceptors (Lipinski definition) is 4. The van der Waals surface area contributed by atoms with Crippen LogP contribution in [0.25, 0.3) is 0 Å². The molecule has 0 bridgehead atoms. The zero-order chi connectivity index (χ0) is 13.5. The van der Waals surface area contributed by atoms with Gasteiger partial charge < -0.3 is 18.1 Å². The van der Waals surface area contributed by atoms with Gasteiger partial charge in [-0.15, -0.1) is 0 Å². The summed E-state index contributed by atoms with van der Waals surface area (Å²) in [5, 5.41) is 0. The van der Waals surface area contributed by atoms with Gasteiger partial charge >= 0.3 is 9.05 Å². The lowest BCUT2D eigenvalue weighted by Crippen LogP contribution is -2.51. The Morgan fingerprint density at radius 3 is 1.18 bits per heavy atom. The quantitative estimate of drug-likeness (QED) is 0.651. The van der Waals surface area contributed by atoms with E-state index in [1.807, 2.05) is 41.5 Å². The lowest BCUT2D eigenvalue weighted by Gasteiger charge is -2.30. The molecule has 1 N–H and O–H groups in total. The highest BCUT2D eigenvalue weighted by Gasteiger charge is 2.45. The SMILES string of the molecule is CCC(C)O[Si](O)(OC(C)CC)OC(C)CC. The van der Waals surface area contributed by atoms with Crippen LogP contribution in [0.4, 0.5) is 0 Å².